The van der Waals surface area contributed by atoms with Crippen LogP contribution >= 0.6 is 0 Å². The molecule has 1 unspecified atom stereocenters. The highest BCUT2D eigenvalue weighted by atomic mass is 16.6. The minimum absolute atomic E-state index is 0.0623. The zero-order chi connectivity index (χ0) is 15.5. The van der Waals surface area contributed by atoms with Crippen molar-refractivity contribution >= 4 is 11.8 Å². The van der Waals surface area contributed by atoms with Gasteiger partial charge in [-0.05, 0) is 56.0 Å². The second kappa shape index (κ2) is 6.57. The molecule has 0 bridgehead atoms. The molecule has 0 radical (unpaired) electrons. The fourth-order valence-electron chi connectivity index (χ4n) is 3.38. The molecule has 1 aromatic rings. The molecule has 2 aliphatic rings. The zero-order valence-electron chi connectivity index (χ0n) is 13.2. The highest BCUT2D eigenvalue weighted by Crippen LogP contribution is 2.28. The van der Waals surface area contributed by atoms with Crippen molar-refractivity contribution in [3.8, 4) is 0 Å². The van der Waals surface area contributed by atoms with Crippen LogP contribution in [0.4, 0.5) is 10.5 Å². The molecule has 2 saturated heterocycles. The Bertz CT molecular complexity index is 509. The number of nitrogens with two attached hydrogens (primary N) is 1. The normalized spacial score (nSPS) is 23.8. The second-order valence-corrected chi connectivity index (χ2v) is 6.46. The topological polar surface area (TPSA) is 58.8 Å². The van der Waals surface area contributed by atoms with E-state index >= 15 is 0 Å². The van der Waals surface area contributed by atoms with Crippen molar-refractivity contribution in [2.45, 2.75) is 31.3 Å². The monoisotopic (exact) mass is 303 g/mol. The molecule has 2 aliphatic heterocycles. The SMILES string of the molecule is CN1CC(CCN2CCC(c3ccc(N)cc3)CC2)OC1=O. The zero-order valence-corrected chi connectivity index (χ0v) is 13.2. The molecule has 2 heterocycles. The number of amides is 1. The Morgan fingerprint density at radius 1 is 1.23 bits per heavy atom. The number of carbonyl (C=O) groups is 1. The number of nitrogens with zero attached hydrogens (tertiary/aromatic N) is 2. The number of hydrogen-bond acceptors (Lipinski definition) is 4. The minimum atomic E-state index is -0.188. The van der Waals surface area contributed by atoms with E-state index in [9.17, 15) is 4.79 Å². The molecule has 0 aliphatic carbocycles. The number of nitrogen functional groups attached to an aromatic ring is 1. The number of piperidine rings is 1. The molecular formula is C17H25N3O2. The first kappa shape index (κ1) is 15.2. The molecule has 0 spiro atoms. The summed E-state index contributed by atoms with van der Waals surface area (Å²) in [5.74, 6) is 0.646. The van der Waals surface area contributed by atoms with Crippen molar-refractivity contribution in [1.29, 1.82) is 0 Å². The smallest absolute Gasteiger partial charge is 0.409 e. The van der Waals surface area contributed by atoms with Crippen LogP contribution in [-0.2, 0) is 4.74 Å². The van der Waals surface area contributed by atoms with Crippen molar-refractivity contribution in [1.82, 2.24) is 9.80 Å². The Hall–Kier alpha value is -1.75. The molecule has 3 rings (SSSR count). The van der Waals surface area contributed by atoms with Crippen LogP contribution in [0.15, 0.2) is 24.3 Å². The lowest BCUT2D eigenvalue weighted by atomic mass is 9.89. The molecular weight excluding hydrogens is 278 g/mol. The molecule has 120 valence electrons. The number of carbonyl (C=O) groups excluding carboxylic acids is 1. The van der Waals surface area contributed by atoms with Crippen molar-refractivity contribution in [2.24, 2.45) is 0 Å². The summed E-state index contributed by atoms with van der Waals surface area (Å²) in [7, 11) is 1.79. The van der Waals surface area contributed by atoms with Gasteiger partial charge in [-0.3, -0.25) is 0 Å². The summed E-state index contributed by atoms with van der Waals surface area (Å²) in [6.07, 6.45) is 3.19. The predicted octanol–water partition coefficient (Wildman–Crippen LogP) is 2.29. The van der Waals surface area contributed by atoms with Crippen LogP contribution in [0.1, 0.15) is 30.7 Å². The Morgan fingerprint density at radius 3 is 2.50 bits per heavy atom. The fourth-order valence-corrected chi connectivity index (χ4v) is 3.38. The quantitative estimate of drug-likeness (QED) is 0.867. The van der Waals surface area contributed by atoms with E-state index in [2.05, 4.69) is 17.0 Å². The number of anilines is 1. The molecule has 0 saturated carbocycles. The second-order valence-electron chi connectivity index (χ2n) is 6.46. The summed E-state index contributed by atoms with van der Waals surface area (Å²) >= 11 is 0. The van der Waals surface area contributed by atoms with Crippen LogP contribution in [-0.4, -0.2) is 55.2 Å². The number of likely N-dealkylation sites (tertiary alicyclic amines) is 1. The average Bonchev–Trinajstić information content (AvgIpc) is 2.85. The number of hydrogen-bond donors (Lipinski definition) is 1. The minimum Gasteiger partial charge on any atom is -0.444 e. The maximum absolute atomic E-state index is 11.3. The van der Waals surface area contributed by atoms with Gasteiger partial charge < -0.3 is 20.3 Å². The van der Waals surface area contributed by atoms with E-state index < -0.39 is 0 Å². The lowest BCUT2D eigenvalue weighted by Crippen LogP contribution is -2.35. The van der Waals surface area contributed by atoms with Crippen LogP contribution in [0.25, 0.3) is 0 Å². The van der Waals surface area contributed by atoms with Crippen molar-refractivity contribution in [2.75, 3.05) is 39.0 Å². The van der Waals surface area contributed by atoms with Crippen molar-refractivity contribution in [3.63, 3.8) is 0 Å². The Labute approximate surface area is 132 Å². The number of benzene rings is 1. The third-order valence-electron chi connectivity index (χ3n) is 4.82. The average molecular weight is 303 g/mol. The van der Waals surface area contributed by atoms with Gasteiger partial charge in [0.1, 0.15) is 6.10 Å². The first-order chi connectivity index (χ1) is 10.6. The van der Waals surface area contributed by atoms with Crippen molar-refractivity contribution in [3.05, 3.63) is 29.8 Å². The summed E-state index contributed by atoms with van der Waals surface area (Å²) in [4.78, 5) is 15.5. The first-order valence-corrected chi connectivity index (χ1v) is 8.11. The lowest BCUT2D eigenvalue weighted by Gasteiger charge is -2.32. The van der Waals surface area contributed by atoms with E-state index in [0.29, 0.717) is 5.92 Å². The Morgan fingerprint density at radius 2 is 1.91 bits per heavy atom. The molecule has 1 atom stereocenters. The molecule has 5 heteroatoms. The molecule has 2 fully saturated rings. The predicted molar refractivity (Wildman–Crippen MR) is 86.8 cm³/mol. The van der Waals surface area contributed by atoms with E-state index in [0.717, 1.165) is 38.3 Å². The van der Waals surface area contributed by atoms with Gasteiger partial charge in [0.2, 0.25) is 0 Å². The molecule has 1 aromatic carbocycles. The molecule has 1 amide bonds. The molecule has 5 nitrogen and oxygen atoms in total. The van der Waals surface area contributed by atoms with Gasteiger partial charge >= 0.3 is 6.09 Å². The van der Waals surface area contributed by atoms with Gasteiger partial charge in [0, 0.05) is 19.3 Å². The van der Waals surface area contributed by atoms with Gasteiger partial charge in [0.25, 0.3) is 0 Å². The number of rotatable bonds is 4. The highest BCUT2D eigenvalue weighted by molar-refractivity contribution is 5.69. The maximum atomic E-state index is 11.3. The lowest BCUT2D eigenvalue weighted by molar-refractivity contribution is 0.117. The summed E-state index contributed by atoms with van der Waals surface area (Å²) < 4.78 is 5.31. The van der Waals surface area contributed by atoms with Crippen LogP contribution in [0, 0.1) is 0 Å². The summed E-state index contributed by atoms with van der Waals surface area (Å²) in [6.45, 7) is 3.97. The van der Waals surface area contributed by atoms with E-state index in [1.165, 1.54) is 18.4 Å². The van der Waals surface area contributed by atoms with Crippen LogP contribution < -0.4 is 5.73 Å². The van der Waals surface area contributed by atoms with E-state index in [-0.39, 0.29) is 12.2 Å². The summed E-state index contributed by atoms with van der Waals surface area (Å²) in [5.41, 5.74) is 7.98. The van der Waals surface area contributed by atoms with Crippen LogP contribution in [0.3, 0.4) is 0 Å². The standard InChI is InChI=1S/C17H25N3O2/c1-19-12-16(22-17(19)21)8-11-20-9-6-14(7-10-20)13-2-4-15(18)5-3-13/h2-5,14,16H,6-12,18H2,1H3. The van der Waals surface area contributed by atoms with Gasteiger partial charge in [-0.15, -0.1) is 0 Å². The van der Waals surface area contributed by atoms with E-state index in [1.54, 1.807) is 11.9 Å². The summed E-state index contributed by atoms with van der Waals surface area (Å²) in [5, 5.41) is 0. The Balaban J connectivity index is 1.42. The highest BCUT2D eigenvalue weighted by Gasteiger charge is 2.29. The molecule has 2 N–H and O–H groups in total. The van der Waals surface area contributed by atoms with Gasteiger partial charge in [-0.25, -0.2) is 4.79 Å². The maximum Gasteiger partial charge on any atom is 0.409 e. The van der Waals surface area contributed by atoms with Crippen molar-refractivity contribution < 1.29 is 9.53 Å². The van der Waals surface area contributed by atoms with Gasteiger partial charge in [0.05, 0.1) is 6.54 Å². The van der Waals surface area contributed by atoms with E-state index in [1.807, 2.05) is 12.1 Å². The summed E-state index contributed by atoms with van der Waals surface area (Å²) in [6, 6.07) is 8.30. The number of cyclic esters (lactones) is 1. The van der Waals surface area contributed by atoms with Crippen LogP contribution in [0.2, 0.25) is 0 Å². The third kappa shape index (κ3) is 3.53. The number of likely N-dealkylation sites (N-methyl/N-ethyl adjacent to an activating group) is 1. The Kier molecular flexibility index (Phi) is 4.52. The fraction of sp³-hybridized carbons (Fsp3) is 0.588. The van der Waals surface area contributed by atoms with Gasteiger partial charge in [-0.2, -0.15) is 0 Å². The molecule has 0 aromatic heterocycles. The third-order valence-corrected chi connectivity index (χ3v) is 4.82. The van der Waals surface area contributed by atoms with Gasteiger partial charge in [0.15, 0.2) is 0 Å². The largest absolute Gasteiger partial charge is 0.444 e. The number of ether oxygens (including phenoxy) is 1. The molecule has 22 heavy (non-hydrogen) atoms. The van der Waals surface area contributed by atoms with Crippen LogP contribution in [0.5, 0.6) is 0 Å². The van der Waals surface area contributed by atoms with E-state index in [4.69, 9.17) is 10.5 Å². The van der Waals surface area contributed by atoms with Gasteiger partial charge in [-0.1, -0.05) is 12.1 Å². The first-order valence-electron chi connectivity index (χ1n) is 8.11.